The van der Waals surface area contributed by atoms with E-state index in [1.165, 1.54) is 33.4 Å². The molecule has 2 nitrogen and oxygen atoms in total. The molecule has 0 aliphatic carbocycles. The number of carbonyl (C=O) groups excluding carboxylic acids is 1. The second-order valence-electron chi connectivity index (χ2n) is 11.9. The molecule has 2 heteroatoms. The first-order valence-corrected chi connectivity index (χ1v) is 15.2. The first-order valence-electron chi connectivity index (χ1n) is 15.2. The molecule has 0 spiro atoms. The number of aryl methyl sites for hydroxylation is 1. The van der Waals surface area contributed by atoms with E-state index in [-0.39, 0.29) is 11.4 Å². The van der Waals surface area contributed by atoms with Crippen LogP contribution in [0.2, 0.25) is 0 Å². The van der Waals surface area contributed by atoms with Crippen LogP contribution in [0.15, 0.2) is 125 Å². The number of carbonyl (C=O) groups is 1. The van der Waals surface area contributed by atoms with Crippen molar-refractivity contribution in [2.45, 2.75) is 87.7 Å². The van der Waals surface area contributed by atoms with E-state index < -0.39 is 0 Å². The predicted octanol–water partition coefficient (Wildman–Crippen LogP) is 11.4. The molecule has 0 aliphatic heterocycles. The van der Waals surface area contributed by atoms with Gasteiger partial charge in [0.1, 0.15) is 0 Å². The van der Waals surface area contributed by atoms with Crippen molar-refractivity contribution in [2.75, 3.05) is 7.11 Å². The van der Waals surface area contributed by atoms with Crippen LogP contribution >= 0.6 is 0 Å². The second kappa shape index (κ2) is 19.4. The van der Waals surface area contributed by atoms with Gasteiger partial charge in [-0.2, -0.15) is 0 Å². The van der Waals surface area contributed by atoms with E-state index in [1.54, 1.807) is 7.11 Å². The highest BCUT2D eigenvalue weighted by Gasteiger charge is 2.18. The normalized spacial score (nSPS) is 15.0. The van der Waals surface area contributed by atoms with Gasteiger partial charge in [0.2, 0.25) is 0 Å². The molecule has 230 valence electrons. The molecule has 0 saturated carbocycles. The van der Waals surface area contributed by atoms with Crippen molar-refractivity contribution in [3.8, 4) is 0 Å². The highest BCUT2D eigenvalue weighted by Crippen LogP contribution is 2.19. The van der Waals surface area contributed by atoms with Crippen molar-refractivity contribution >= 4 is 11.9 Å². The van der Waals surface area contributed by atoms with E-state index in [0.717, 1.165) is 16.7 Å². The number of methoxy groups -OCH3 is 1. The van der Waals surface area contributed by atoms with E-state index >= 15 is 0 Å². The molecule has 0 N–H and O–H groups in total. The van der Waals surface area contributed by atoms with Crippen LogP contribution < -0.4 is 0 Å². The van der Waals surface area contributed by atoms with E-state index in [1.807, 2.05) is 52.0 Å². The zero-order valence-electron chi connectivity index (χ0n) is 28.5. The third-order valence-corrected chi connectivity index (χ3v) is 7.54. The fraction of sp³-hybridized carbons (Fsp3) is 0.341. The summed E-state index contributed by atoms with van der Waals surface area (Å²) in [6, 6.07) is 4.38. The van der Waals surface area contributed by atoms with Gasteiger partial charge in [-0.1, -0.05) is 126 Å². The van der Waals surface area contributed by atoms with E-state index in [2.05, 4.69) is 121 Å². The summed E-state index contributed by atoms with van der Waals surface area (Å²) in [5.41, 5.74) is 10.5. The molecule has 1 aromatic carbocycles. The largest absolute Gasteiger partial charge is 0.379 e. The molecule has 0 amide bonds. The minimum Gasteiger partial charge on any atom is -0.379 e. The fourth-order valence-electron chi connectivity index (χ4n) is 3.87. The molecule has 0 atom stereocenters. The Morgan fingerprint density at radius 3 is 1.65 bits per heavy atom. The quantitative estimate of drug-likeness (QED) is 0.153. The number of ether oxygens (including phenoxy) is 1. The third kappa shape index (κ3) is 15.9. The first-order chi connectivity index (χ1) is 20.3. The molecule has 1 aromatic rings. The van der Waals surface area contributed by atoms with Gasteiger partial charge in [0.15, 0.2) is 5.78 Å². The van der Waals surface area contributed by atoms with Crippen molar-refractivity contribution < 1.29 is 9.53 Å². The lowest BCUT2D eigenvalue weighted by Gasteiger charge is -2.22. The van der Waals surface area contributed by atoms with Crippen LogP contribution in [-0.4, -0.2) is 18.5 Å². The Balaban J connectivity index is 2.60. The summed E-state index contributed by atoms with van der Waals surface area (Å²) in [6.45, 7) is 20.8. The topological polar surface area (TPSA) is 26.3 Å². The maximum absolute atomic E-state index is 12.3. The lowest BCUT2D eigenvalue weighted by Crippen LogP contribution is -2.23. The van der Waals surface area contributed by atoms with Gasteiger partial charge in [0.05, 0.1) is 5.60 Å². The van der Waals surface area contributed by atoms with Gasteiger partial charge in [0, 0.05) is 13.5 Å². The van der Waals surface area contributed by atoms with Gasteiger partial charge in [-0.3, -0.25) is 4.79 Å². The second-order valence-corrected chi connectivity index (χ2v) is 11.9. The summed E-state index contributed by atoms with van der Waals surface area (Å²) >= 11 is 0. The average molecular weight is 579 g/mol. The minimum absolute atomic E-state index is 0.158. The SMILES string of the molecule is COC(C)(C)CCC(=O)C(C)=CC=CC(C)=CC=CC(C)=CC=CC=C(C)C=CC=C(C)C=Cc1ccc(C)c(C)c1C. The zero-order valence-corrected chi connectivity index (χ0v) is 28.5. The molecule has 0 unspecified atom stereocenters. The van der Waals surface area contributed by atoms with Crippen LogP contribution in [-0.2, 0) is 9.53 Å². The number of Topliss-reactive ketones (excluding diaryl/α,β-unsaturated/α-hetero) is 1. The number of rotatable bonds is 15. The number of ketones is 1. The van der Waals surface area contributed by atoms with Gasteiger partial charge in [-0.15, -0.1) is 0 Å². The van der Waals surface area contributed by atoms with Gasteiger partial charge >= 0.3 is 0 Å². The number of hydrogen-bond acceptors (Lipinski definition) is 2. The summed E-state index contributed by atoms with van der Waals surface area (Å²) in [5.74, 6) is 0.158. The molecule has 0 heterocycles. The Hall–Kier alpha value is -3.75. The lowest BCUT2D eigenvalue weighted by atomic mass is 9.98. The Labute approximate surface area is 263 Å². The fourth-order valence-corrected chi connectivity index (χ4v) is 3.87. The monoisotopic (exact) mass is 578 g/mol. The molecule has 0 aromatic heterocycles. The average Bonchev–Trinajstić information content (AvgIpc) is 2.96. The van der Waals surface area contributed by atoms with Crippen LogP contribution in [0.3, 0.4) is 0 Å². The Bertz CT molecular complexity index is 1390. The van der Waals surface area contributed by atoms with Crippen LogP contribution in [0, 0.1) is 20.8 Å². The number of benzene rings is 1. The van der Waals surface area contributed by atoms with E-state index in [4.69, 9.17) is 4.74 Å². The van der Waals surface area contributed by atoms with Crippen LogP contribution in [0.4, 0.5) is 0 Å². The third-order valence-electron chi connectivity index (χ3n) is 7.54. The van der Waals surface area contributed by atoms with Crippen molar-refractivity contribution in [3.05, 3.63) is 147 Å². The number of hydrogen-bond donors (Lipinski definition) is 0. The zero-order chi connectivity index (χ0) is 32.4. The summed E-state index contributed by atoms with van der Waals surface area (Å²) in [7, 11) is 1.68. The molecule has 1 rings (SSSR count). The van der Waals surface area contributed by atoms with E-state index in [9.17, 15) is 4.79 Å². The smallest absolute Gasteiger partial charge is 0.158 e. The maximum atomic E-state index is 12.3. The summed E-state index contributed by atoms with van der Waals surface area (Å²) in [6.07, 6.45) is 32.2. The summed E-state index contributed by atoms with van der Waals surface area (Å²) < 4.78 is 5.40. The molecule has 0 bridgehead atoms. The van der Waals surface area contributed by atoms with Crippen molar-refractivity contribution in [2.24, 2.45) is 0 Å². The standard InChI is InChI=1S/C41H54O2/c1-31(19-14-21-33(3)23-16-24-36(6)40(42)29-30-41(9,10)43-11)17-12-13-18-32(2)20-15-22-34(4)25-27-39-28-26-35(5)37(7)38(39)8/h12-28H,29-30H2,1-11H3. The highest BCUT2D eigenvalue weighted by molar-refractivity contribution is 5.95. The van der Waals surface area contributed by atoms with Gasteiger partial charge in [0.25, 0.3) is 0 Å². The first kappa shape index (κ1) is 37.3. The molecular formula is C41H54O2. The molecule has 0 fully saturated rings. The summed E-state index contributed by atoms with van der Waals surface area (Å²) in [5, 5.41) is 0. The molecule has 0 saturated heterocycles. The van der Waals surface area contributed by atoms with Crippen LogP contribution in [0.25, 0.3) is 6.08 Å². The van der Waals surface area contributed by atoms with Crippen LogP contribution in [0.5, 0.6) is 0 Å². The minimum atomic E-state index is -0.274. The summed E-state index contributed by atoms with van der Waals surface area (Å²) in [4.78, 5) is 12.3. The molecule has 43 heavy (non-hydrogen) atoms. The molecule has 0 aliphatic rings. The van der Waals surface area contributed by atoms with Gasteiger partial charge in [-0.25, -0.2) is 0 Å². The Morgan fingerprint density at radius 1 is 0.674 bits per heavy atom. The Morgan fingerprint density at radius 2 is 1.14 bits per heavy atom. The van der Waals surface area contributed by atoms with E-state index in [0.29, 0.717) is 12.8 Å². The van der Waals surface area contributed by atoms with Crippen molar-refractivity contribution in [3.63, 3.8) is 0 Å². The van der Waals surface area contributed by atoms with Gasteiger partial charge < -0.3 is 4.74 Å². The highest BCUT2D eigenvalue weighted by atomic mass is 16.5. The predicted molar refractivity (Wildman–Crippen MR) is 190 cm³/mol. The van der Waals surface area contributed by atoms with Crippen molar-refractivity contribution in [1.82, 2.24) is 0 Å². The van der Waals surface area contributed by atoms with Crippen molar-refractivity contribution in [1.29, 1.82) is 0 Å². The number of allylic oxidation sites excluding steroid dienone is 19. The molecular weight excluding hydrogens is 524 g/mol. The maximum Gasteiger partial charge on any atom is 0.158 e. The van der Waals surface area contributed by atoms with Crippen LogP contribution in [0.1, 0.15) is 83.6 Å². The Kier molecular flexibility index (Phi) is 16.9. The molecule has 0 radical (unpaired) electrons. The van der Waals surface area contributed by atoms with Gasteiger partial charge in [-0.05, 0) is 103 Å². The lowest BCUT2D eigenvalue weighted by molar-refractivity contribution is -0.116.